The number of aryl methyl sites for hydroxylation is 1. The van der Waals surface area contributed by atoms with Crippen LogP contribution in [0.4, 0.5) is 5.95 Å². The number of anilines is 1. The highest BCUT2D eigenvalue weighted by molar-refractivity contribution is 5.94. The molecule has 0 saturated carbocycles. The molecule has 2 saturated heterocycles. The molecule has 9 nitrogen and oxygen atoms in total. The molecule has 9 heteroatoms. The molecule has 1 N–H and O–H groups in total. The fraction of sp³-hybridized carbons (Fsp3) is 0.364. The Morgan fingerprint density at radius 1 is 0.857 bits per heavy atom. The number of fused-ring (bicyclic) bond motifs is 1. The Morgan fingerprint density at radius 2 is 1.52 bits per heavy atom. The molecule has 2 fully saturated rings. The van der Waals surface area contributed by atoms with Gasteiger partial charge in [-0.2, -0.15) is 4.98 Å². The molecule has 216 valence electrons. The van der Waals surface area contributed by atoms with E-state index in [1.54, 1.807) is 13.1 Å². The van der Waals surface area contributed by atoms with E-state index < -0.39 is 0 Å². The number of hydrogen-bond acceptors (Lipinski definition) is 6. The van der Waals surface area contributed by atoms with Crippen LogP contribution in [0.25, 0.3) is 22.2 Å². The van der Waals surface area contributed by atoms with Crippen molar-refractivity contribution in [2.45, 2.75) is 51.6 Å². The lowest BCUT2D eigenvalue weighted by Gasteiger charge is -2.33. The molecule has 0 radical (unpaired) electrons. The first kappa shape index (κ1) is 27.6. The minimum absolute atomic E-state index is 0.0558. The standard InChI is InChI=1S/C33H36N6O3/c1-22-8-6-7-11-28(22)29-20-25-21-34-33(35-26-12-16-38(17-13-26)31(41)24-9-4-3-5-10-24)36-30(25)39(32(29)42)27-14-18-37(19-15-27)23(2)40/h3-11,20-21,26-27H,12-19H2,1-2H3,(H,34,35,36). The highest BCUT2D eigenvalue weighted by atomic mass is 16.2. The number of aromatic nitrogens is 3. The van der Waals surface area contributed by atoms with Crippen molar-refractivity contribution in [2.75, 3.05) is 31.5 Å². The first-order valence-corrected chi connectivity index (χ1v) is 14.7. The minimum atomic E-state index is -0.0745. The number of pyridine rings is 1. The molecular formula is C33H36N6O3. The van der Waals surface area contributed by atoms with Gasteiger partial charge in [-0.05, 0) is 61.9 Å². The first-order valence-electron chi connectivity index (χ1n) is 14.7. The summed E-state index contributed by atoms with van der Waals surface area (Å²) in [7, 11) is 0. The summed E-state index contributed by atoms with van der Waals surface area (Å²) in [6.45, 7) is 6.12. The van der Waals surface area contributed by atoms with Gasteiger partial charge in [0.15, 0.2) is 0 Å². The fourth-order valence-electron chi connectivity index (χ4n) is 6.21. The van der Waals surface area contributed by atoms with Crippen molar-refractivity contribution in [1.29, 1.82) is 0 Å². The average molecular weight is 565 g/mol. The SMILES string of the molecule is CC(=O)N1CCC(n2c(=O)c(-c3ccccc3C)cc3cnc(NC4CCN(C(=O)c5ccccc5)CC4)nc32)CC1. The lowest BCUT2D eigenvalue weighted by Crippen LogP contribution is -2.42. The number of benzene rings is 2. The largest absolute Gasteiger partial charge is 0.351 e. The zero-order chi connectivity index (χ0) is 29.2. The summed E-state index contributed by atoms with van der Waals surface area (Å²) < 4.78 is 1.84. The molecular weight excluding hydrogens is 528 g/mol. The average Bonchev–Trinajstić information content (AvgIpc) is 3.02. The molecule has 42 heavy (non-hydrogen) atoms. The second kappa shape index (κ2) is 11.8. The summed E-state index contributed by atoms with van der Waals surface area (Å²) in [5, 5.41) is 4.27. The number of rotatable bonds is 5. The van der Waals surface area contributed by atoms with E-state index in [9.17, 15) is 14.4 Å². The van der Waals surface area contributed by atoms with Gasteiger partial charge in [0.05, 0.1) is 0 Å². The second-order valence-electron chi connectivity index (χ2n) is 11.3. The number of likely N-dealkylation sites (tertiary alicyclic amines) is 2. The Hall–Kier alpha value is -4.53. The van der Waals surface area contributed by atoms with Crippen LogP contribution in [-0.4, -0.2) is 68.4 Å². The molecule has 2 aromatic carbocycles. The van der Waals surface area contributed by atoms with Gasteiger partial charge in [-0.25, -0.2) is 4.98 Å². The Morgan fingerprint density at radius 3 is 2.21 bits per heavy atom. The van der Waals surface area contributed by atoms with E-state index in [4.69, 9.17) is 4.98 Å². The lowest BCUT2D eigenvalue weighted by molar-refractivity contribution is -0.130. The molecule has 2 aliphatic rings. The summed E-state index contributed by atoms with van der Waals surface area (Å²) >= 11 is 0. The number of hydrogen-bond donors (Lipinski definition) is 1. The van der Waals surface area contributed by atoms with Crippen molar-refractivity contribution in [2.24, 2.45) is 0 Å². The molecule has 0 unspecified atom stereocenters. The summed E-state index contributed by atoms with van der Waals surface area (Å²) in [5.74, 6) is 0.596. The summed E-state index contributed by atoms with van der Waals surface area (Å²) in [4.78, 5) is 52.2. The number of nitrogens with zero attached hydrogens (tertiary/aromatic N) is 5. The van der Waals surface area contributed by atoms with Gasteiger partial charge in [-0.15, -0.1) is 0 Å². The molecule has 2 amide bonds. The van der Waals surface area contributed by atoms with Crippen LogP contribution < -0.4 is 10.9 Å². The van der Waals surface area contributed by atoms with Gasteiger partial charge in [0.1, 0.15) is 5.65 Å². The maximum atomic E-state index is 14.1. The number of piperidine rings is 2. The van der Waals surface area contributed by atoms with Crippen molar-refractivity contribution < 1.29 is 9.59 Å². The molecule has 0 atom stereocenters. The summed E-state index contributed by atoms with van der Waals surface area (Å²) in [6.07, 6.45) is 4.73. The molecule has 2 aromatic heterocycles. The predicted octanol–water partition coefficient (Wildman–Crippen LogP) is 4.67. The van der Waals surface area contributed by atoms with Gasteiger partial charge >= 0.3 is 0 Å². The summed E-state index contributed by atoms with van der Waals surface area (Å²) in [6, 6.07) is 19.2. The molecule has 6 rings (SSSR count). The smallest absolute Gasteiger partial charge is 0.260 e. The van der Waals surface area contributed by atoms with Crippen LogP contribution in [-0.2, 0) is 4.79 Å². The Labute approximate surface area is 245 Å². The van der Waals surface area contributed by atoms with Crippen LogP contribution in [0.15, 0.2) is 71.7 Å². The first-order chi connectivity index (χ1) is 20.4. The zero-order valence-corrected chi connectivity index (χ0v) is 24.1. The van der Waals surface area contributed by atoms with E-state index in [0.29, 0.717) is 61.7 Å². The second-order valence-corrected chi connectivity index (χ2v) is 11.3. The highest BCUT2D eigenvalue weighted by Crippen LogP contribution is 2.29. The normalized spacial score (nSPS) is 16.5. The van der Waals surface area contributed by atoms with Crippen molar-refractivity contribution in [3.63, 3.8) is 0 Å². The molecule has 0 bridgehead atoms. The molecule has 2 aliphatic heterocycles. The third-order valence-corrected chi connectivity index (χ3v) is 8.62. The third-order valence-electron chi connectivity index (χ3n) is 8.62. The lowest BCUT2D eigenvalue weighted by atomic mass is 9.99. The maximum Gasteiger partial charge on any atom is 0.260 e. The van der Waals surface area contributed by atoms with E-state index in [1.807, 2.05) is 82.0 Å². The minimum Gasteiger partial charge on any atom is -0.351 e. The maximum absolute atomic E-state index is 14.1. The third kappa shape index (κ3) is 5.51. The van der Waals surface area contributed by atoms with E-state index in [2.05, 4.69) is 10.3 Å². The van der Waals surface area contributed by atoms with E-state index >= 15 is 0 Å². The van der Waals surface area contributed by atoms with Crippen LogP contribution in [0.1, 0.15) is 54.6 Å². The molecule has 4 heterocycles. The Balaban J connectivity index is 1.28. The van der Waals surface area contributed by atoms with Gasteiger partial charge in [0.25, 0.3) is 11.5 Å². The van der Waals surface area contributed by atoms with Crippen LogP contribution in [0.5, 0.6) is 0 Å². The van der Waals surface area contributed by atoms with E-state index in [-0.39, 0.29) is 29.5 Å². The molecule has 0 aliphatic carbocycles. The van der Waals surface area contributed by atoms with Crippen molar-refractivity contribution in [1.82, 2.24) is 24.3 Å². The van der Waals surface area contributed by atoms with Crippen LogP contribution in [0, 0.1) is 6.92 Å². The molecule has 4 aromatic rings. The monoisotopic (exact) mass is 564 g/mol. The number of amides is 2. The van der Waals surface area contributed by atoms with Crippen molar-refractivity contribution in [3.8, 4) is 11.1 Å². The number of nitrogens with one attached hydrogen (secondary N) is 1. The van der Waals surface area contributed by atoms with E-state index in [0.717, 1.165) is 29.4 Å². The van der Waals surface area contributed by atoms with Gasteiger partial charge < -0.3 is 15.1 Å². The van der Waals surface area contributed by atoms with Crippen LogP contribution in [0.3, 0.4) is 0 Å². The predicted molar refractivity (Wildman–Crippen MR) is 163 cm³/mol. The topological polar surface area (TPSA) is 100 Å². The van der Waals surface area contributed by atoms with Gasteiger partial charge in [0, 0.05) is 67.9 Å². The van der Waals surface area contributed by atoms with Crippen LogP contribution in [0.2, 0.25) is 0 Å². The van der Waals surface area contributed by atoms with Crippen LogP contribution >= 0.6 is 0 Å². The fourth-order valence-corrected chi connectivity index (χ4v) is 6.21. The Kier molecular flexibility index (Phi) is 7.73. The quantitative estimate of drug-likeness (QED) is 0.378. The number of carbonyl (C=O) groups excluding carboxylic acids is 2. The zero-order valence-electron chi connectivity index (χ0n) is 24.1. The van der Waals surface area contributed by atoms with Crippen molar-refractivity contribution >= 4 is 28.8 Å². The van der Waals surface area contributed by atoms with E-state index in [1.165, 1.54) is 0 Å². The Bertz CT molecular complexity index is 1670. The number of carbonyl (C=O) groups is 2. The molecule has 0 spiro atoms. The van der Waals surface area contributed by atoms with Crippen molar-refractivity contribution in [3.05, 3.63) is 88.3 Å². The van der Waals surface area contributed by atoms with Gasteiger partial charge in [0.2, 0.25) is 11.9 Å². The van der Waals surface area contributed by atoms with Gasteiger partial charge in [-0.1, -0.05) is 42.5 Å². The van der Waals surface area contributed by atoms with Gasteiger partial charge in [-0.3, -0.25) is 19.0 Å². The highest BCUT2D eigenvalue weighted by Gasteiger charge is 2.27. The summed E-state index contributed by atoms with van der Waals surface area (Å²) in [5.41, 5.74) is 3.80.